The molecule has 3 fully saturated rings. The van der Waals surface area contributed by atoms with Crippen LogP contribution in [-0.2, 0) is 9.59 Å². The summed E-state index contributed by atoms with van der Waals surface area (Å²) in [5.41, 5.74) is 0. The third-order valence-corrected chi connectivity index (χ3v) is 6.29. The summed E-state index contributed by atoms with van der Waals surface area (Å²) >= 11 is 1.49. The minimum atomic E-state index is -0.965. The predicted octanol–water partition coefficient (Wildman–Crippen LogP) is 0.276. The number of aliphatic hydroxyl groups is 1. The van der Waals surface area contributed by atoms with Crippen molar-refractivity contribution in [2.24, 2.45) is 11.8 Å². The molecular formula is C15H22N2O4S. The summed E-state index contributed by atoms with van der Waals surface area (Å²) in [6.45, 7) is 3.58. The fourth-order valence-electron chi connectivity index (χ4n) is 3.51. The van der Waals surface area contributed by atoms with Crippen LogP contribution in [0.15, 0.2) is 12.2 Å². The van der Waals surface area contributed by atoms with Crippen LogP contribution in [0.3, 0.4) is 0 Å². The van der Waals surface area contributed by atoms with Gasteiger partial charge in [-0.1, -0.05) is 12.2 Å². The highest BCUT2D eigenvalue weighted by Crippen LogP contribution is 2.49. The summed E-state index contributed by atoms with van der Waals surface area (Å²) in [4.78, 5) is 25.1. The van der Waals surface area contributed by atoms with Crippen LogP contribution in [0.2, 0.25) is 0 Å². The van der Waals surface area contributed by atoms with Crippen molar-refractivity contribution in [3.63, 3.8) is 0 Å². The SMILES string of the molecule is CC(O)C1C(=O)N2C(C(=O)O)C(C=CC3CCNCC3)S[C@H]12. The molecule has 122 valence electrons. The first-order chi connectivity index (χ1) is 10.5. The molecule has 5 atom stereocenters. The Labute approximate surface area is 133 Å². The Morgan fingerprint density at radius 3 is 2.68 bits per heavy atom. The molecule has 0 aromatic rings. The first-order valence-corrected chi connectivity index (χ1v) is 8.72. The Morgan fingerprint density at radius 2 is 2.09 bits per heavy atom. The van der Waals surface area contributed by atoms with Crippen molar-refractivity contribution in [1.82, 2.24) is 10.2 Å². The van der Waals surface area contributed by atoms with E-state index in [1.54, 1.807) is 6.92 Å². The second-order valence-corrected chi connectivity index (χ2v) is 7.56. The van der Waals surface area contributed by atoms with Gasteiger partial charge in [0.15, 0.2) is 0 Å². The highest BCUT2D eigenvalue weighted by Gasteiger charge is 2.61. The third-order valence-electron chi connectivity index (χ3n) is 4.76. The van der Waals surface area contributed by atoms with Crippen molar-refractivity contribution in [2.75, 3.05) is 13.1 Å². The van der Waals surface area contributed by atoms with Gasteiger partial charge in [0.25, 0.3) is 0 Å². The second-order valence-electron chi connectivity index (χ2n) is 6.26. The van der Waals surface area contributed by atoms with Crippen molar-refractivity contribution in [2.45, 2.75) is 42.5 Å². The number of allylic oxidation sites excluding steroid dienone is 1. The largest absolute Gasteiger partial charge is 0.480 e. The molecule has 0 bridgehead atoms. The van der Waals surface area contributed by atoms with Crippen LogP contribution in [0, 0.1) is 11.8 Å². The number of carboxylic acid groups (broad SMARTS) is 1. The molecule has 3 aliphatic heterocycles. The summed E-state index contributed by atoms with van der Waals surface area (Å²) in [7, 11) is 0. The average molecular weight is 326 g/mol. The number of rotatable bonds is 4. The summed E-state index contributed by atoms with van der Waals surface area (Å²) in [6, 6.07) is -0.810. The predicted molar refractivity (Wildman–Crippen MR) is 83.3 cm³/mol. The van der Waals surface area contributed by atoms with Crippen LogP contribution < -0.4 is 5.32 Å². The molecule has 3 saturated heterocycles. The van der Waals surface area contributed by atoms with E-state index in [9.17, 15) is 19.8 Å². The number of fused-ring (bicyclic) bond motifs is 1. The second kappa shape index (κ2) is 6.22. The monoisotopic (exact) mass is 326 g/mol. The van der Waals surface area contributed by atoms with Gasteiger partial charge in [0.05, 0.1) is 22.6 Å². The number of aliphatic hydroxyl groups excluding tert-OH is 1. The fourth-order valence-corrected chi connectivity index (χ4v) is 5.29. The number of nitrogens with one attached hydrogen (secondary N) is 1. The molecule has 0 saturated carbocycles. The molecule has 0 radical (unpaired) electrons. The number of β-lactam (4-membered cyclic amide) rings is 1. The number of nitrogens with zero attached hydrogens (tertiary/aromatic N) is 1. The lowest BCUT2D eigenvalue weighted by Gasteiger charge is -2.44. The average Bonchev–Trinajstić information content (AvgIpc) is 2.80. The van der Waals surface area contributed by atoms with Crippen molar-refractivity contribution in [1.29, 1.82) is 0 Å². The molecule has 3 aliphatic rings. The Morgan fingerprint density at radius 1 is 1.41 bits per heavy atom. The maximum atomic E-state index is 12.1. The molecular weight excluding hydrogens is 304 g/mol. The minimum Gasteiger partial charge on any atom is -0.480 e. The van der Waals surface area contributed by atoms with Gasteiger partial charge in [-0.25, -0.2) is 4.79 Å². The summed E-state index contributed by atoms with van der Waals surface area (Å²) < 4.78 is 0. The number of thioether (sulfide) groups is 1. The normalized spacial score (nSPS) is 37.2. The van der Waals surface area contributed by atoms with E-state index in [-0.39, 0.29) is 16.5 Å². The van der Waals surface area contributed by atoms with Crippen molar-refractivity contribution < 1.29 is 19.8 Å². The highest BCUT2D eigenvalue weighted by molar-refractivity contribution is 8.01. The lowest BCUT2D eigenvalue weighted by atomic mass is 9.90. The molecule has 6 nitrogen and oxygen atoms in total. The van der Waals surface area contributed by atoms with Crippen molar-refractivity contribution >= 4 is 23.6 Å². The number of carbonyl (C=O) groups is 2. The quantitative estimate of drug-likeness (QED) is 0.508. The van der Waals surface area contributed by atoms with Crippen LogP contribution in [0.5, 0.6) is 0 Å². The van der Waals surface area contributed by atoms with E-state index in [4.69, 9.17) is 0 Å². The van der Waals surface area contributed by atoms with Crippen LogP contribution >= 0.6 is 11.8 Å². The van der Waals surface area contributed by atoms with E-state index in [2.05, 4.69) is 11.4 Å². The molecule has 7 heteroatoms. The number of carbonyl (C=O) groups excluding carboxylic acids is 1. The summed E-state index contributed by atoms with van der Waals surface area (Å²) in [6.07, 6.45) is 5.47. The Hall–Kier alpha value is -1.05. The molecule has 22 heavy (non-hydrogen) atoms. The van der Waals surface area contributed by atoms with Gasteiger partial charge < -0.3 is 20.4 Å². The first kappa shape index (κ1) is 15.8. The lowest BCUT2D eigenvalue weighted by molar-refractivity contribution is -0.166. The zero-order valence-corrected chi connectivity index (χ0v) is 13.3. The number of carboxylic acids is 1. The molecule has 1 amide bonds. The fraction of sp³-hybridized carbons (Fsp3) is 0.733. The van der Waals surface area contributed by atoms with Crippen molar-refractivity contribution in [3.8, 4) is 0 Å². The smallest absolute Gasteiger partial charge is 0.327 e. The summed E-state index contributed by atoms with van der Waals surface area (Å²) in [5, 5.41) is 22.0. The number of hydrogen-bond acceptors (Lipinski definition) is 5. The number of piperidine rings is 1. The highest BCUT2D eigenvalue weighted by atomic mass is 32.2. The zero-order valence-electron chi connectivity index (χ0n) is 12.5. The van der Waals surface area contributed by atoms with Crippen LogP contribution in [0.25, 0.3) is 0 Å². The van der Waals surface area contributed by atoms with Gasteiger partial charge in [0.2, 0.25) is 5.91 Å². The molecule has 0 aliphatic carbocycles. The van der Waals surface area contributed by atoms with E-state index >= 15 is 0 Å². The Balaban J connectivity index is 1.72. The molecule has 0 aromatic heterocycles. The number of aliphatic carboxylic acids is 1. The molecule has 3 N–H and O–H groups in total. The van der Waals surface area contributed by atoms with Gasteiger partial charge in [-0.15, -0.1) is 11.8 Å². The first-order valence-electron chi connectivity index (χ1n) is 7.78. The molecule has 3 rings (SSSR count). The molecule has 0 aromatic carbocycles. The van der Waals surface area contributed by atoms with Gasteiger partial charge in [-0.2, -0.15) is 0 Å². The molecule has 3 heterocycles. The number of amides is 1. The van der Waals surface area contributed by atoms with E-state index in [1.165, 1.54) is 16.7 Å². The van der Waals surface area contributed by atoms with Gasteiger partial charge >= 0.3 is 5.97 Å². The Bertz CT molecular complexity index is 490. The molecule has 0 spiro atoms. The maximum Gasteiger partial charge on any atom is 0.327 e. The van der Waals surface area contributed by atoms with E-state index in [1.807, 2.05) is 6.08 Å². The lowest BCUT2D eigenvalue weighted by Crippen LogP contribution is -2.64. The van der Waals surface area contributed by atoms with Gasteiger partial charge in [-0.05, 0) is 38.8 Å². The van der Waals surface area contributed by atoms with Crippen molar-refractivity contribution in [3.05, 3.63) is 12.2 Å². The van der Waals surface area contributed by atoms with Crippen LogP contribution in [0.1, 0.15) is 19.8 Å². The van der Waals surface area contributed by atoms with Gasteiger partial charge in [0, 0.05) is 0 Å². The van der Waals surface area contributed by atoms with Gasteiger partial charge in [0.1, 0.15) is 6.04 Å². The topological polar surface area (TPSA) is 89.9 Å². The standard InChI is InChI=1S/C15H22N2O4S/c1-8(18)11-13(19)17-12(15(20)21)10(22-14(11)17)3-2-9-4-6-16-7-5-9/h2-3,8-12,14,16,18H,4-7H2,1H3,(H,20,21)/t8?,10?,11?,12?,14-/m1/s1. The third kappa shape index (κ3) is 2.66. The summed E-state index contributed by atoms with van der Waals surface area (Å²) in [5.74, 6) is -1.19. The number of hydrogen-bond donors (Lipinski definition) is 3. The minimum absolute atomic E-state index is 0.212. The Kier molecular flexibility index (Phi) is 4.47. The van der Waals surface area contributed by atoms with E-state index in [0.29, 0.717) is 5.92 Å². The zero-order chi connectivity index (χ0) is 15.9. The van der Waals surface area contributed by atoms with E-state index in [0.717, 1.165) is 25.9 Å². The van der Waals surface area contributed by atoms with Crippen LogP contribution in [-0.4, -0.2) is 62.8 Å². The molecule has 4 unspecified atom stereocenters. The van der Waals surface area contributed by atoms with Gasteiger partial charge in [-0.3, -0.25) is 4.79 Å². The van der Waals surface area contributed by atoms with Crippen LogP contribution in [0.4, 0.5) is 0 Å². The van der Waals surface area contributed by atoms with E-state index < -0.39 is 24.0 Å². The maximum absolute atomic E-state index is 12.1.